The number of allylic oxidation sites excluding steroid dienone is 3. The normalized spacial score (nSPS) is 12.2. The second kappa shape index (κ2) is 10.1. The molecule has 1 aromatic rings. The molecular formula is C21H27NOS. The first-order chi connectivity index (χ1) is 11.4. The fourth-order valence-electron chi connectivity index (χ4n) is 2.30. The van der Waals surface area contributed by atoms with Gasteiger partial charge in [-0.1, -0.05) is 49.2 Å². The molecule has 0 fully saturated rings. The van der Waals surface area contributed by atoms with E-state index in [1.165, 1.54) is 29.8 Å². The maximum atomic E-state index is 11.4. The Labute approximate surface area is 150 Å². The van der Waals surface area contributed by atoms with Crippen molar-refractivity contribution in [3.05, 3.63) is 69.6 Å². The first-order valence-electron chi connectivity index (χ1n) is 8.16. The van der Waals surface area contributed by atoms with Crippen molar-refractivity contribution in [2.75, 3.05) is 0 Å². The first kappa shape index (κ1) is 20.2. The summed E-state index contributed by atoms with van der Waals surface area (Å²) in [5.41, 5.74) is 4.77. The van der Waals surface area contributed by atoms with Crippen LogP contribution in [0.5, 0.6) is 0 Å². The monoisotopic (exact) mass is 341 g/mol. The van der Waals surface area contributed by atoms with Crippen molar-refractivity contribution in [1.82, 2.24) is 0 Å². The molecule has 1 rings (SSSR count). The molecule has 0 saturated heterocycles. The Morgan fingerprint density at radius 3 is 2.46 bits per heavy atom. The number of hydrogen-bond donors (Lipinski definition) is 0. The van der Waals surface area contributed by atoms with E-state index in [2.05, 4.69) is 49.3 Å². The lowest BCUT2D eigenvalue weighted by molar-refractivity contribution is -0.112. The van der Waals surface area contributed by atoms with E-state index < -0.39 is 0 Å². The van der Waals surface area contributed by atoms with Gasteiger partial charge in [-0.3, -0.25) is 9.79 Å². The van der Waals surface area contributed by atoms with E-state index in [9.17, 15) is 4.79 Å². The summed E-state index contributed by atoms with van der Waals surface area (Å²) >= 11 is 1.33. The van der Waals surface area contributed by atoms with E-state index in [-0.39, 0.29) is 5.78 Å². The molecule has 0 spiro atoms. The number of thioether (sulfide) groups is 1. The molecule has 0 aliphatic rings. The molecule has 2 nitrogen and oxygen atoms in total. The van der Waals surface area contributed by atoms with Crippen molar-refractivity contribution in [2.24, 2.45) is 4.99 Å². The van der Waals surface area contributed by atoms with Gasteiger partial charge < -0.3 is 0 Å². The van der Waals surface area contributed by atoms with Crippen LogP contribution in [-0.4, -0.2) is 12.0 Å². The summed E-state index contributed by atoms with van der Waals surface area (Å²) in [4.78, 5) is 17.2. The minimum Gasteiger partial charge on any atom is -0.294 e. The second-order valence-corrected chi connectivity index (χ2v) is 6.93. The first-order valence-corrected chi connectivity index (χ1v) is 8.98. The SMILES string of the molecule is C=C(SC(=C)/C(C)=C(CCCc1ccccc1C)\N=C/C)C(C)=O. The van der Waals surface area contributed by atoms with Crippen LogP contribution in [0.3, 0.4) is 0 Å². The third-order valence-electron chi connectivity index (χ3n) is 3.90. The molecule has 0 heterocycles. The Morgan fingerprint density at radius 2 is 1.88 bits per heavy atom. The average Bonchev–Trinajstić information content (AvgIpc) is 2.54. The lowest BCUT2D eigenvalue weighted by Crippen LogP contribution is -1.95. The van der Waals surface area contributed by atoms with Crippen LogP contribution in [0.1, 0.15) is 44.7 Å². The van der Waals surface area contributed by atoms with Crippen LogP contribution in [0.25, 0.3) is 0 Å². The molecule has 0 saturated carbocycles. The molecule has 128 valence electrons. The summed E-state index contributed by atoms with van der Waals surface area (Å²) in [5.74, 6) is -0.0194. The fourth-order valence-corrected chi connectivity index (χ4v) is 3.01. The smallest absolute Gasteiger partial charge is 0.165 e. The highest BCUT2D eigenvalue weighted by Gasteiger charge is 2.10. The lowest BCUT2D eigenvalue weighted by atomic mass is 10.0. The van der Waals surface area contributed by atoms with Gasteiger partial charge in [0.25, 0.3) is 0 Å². The largest absolute Gasteiger partial charge is 0.294 e. The fraction of sp³-hybridized carbons (Fsp3) is 0.333. The van der Waals surface area contributed by atoms with Gasteiger partial charge in [-0.15, -0.1) is 0 Å². The molecule has 0 atom stereocenters. The molecule has 0 aliphatic carbocycles. The molecule has 0 N–H and O–H groups in total. The molecule has 0 unspecified atom stereocenters. The van der Waals surface area contributed by atoms with Crippen molar-refractivity contribution in [3.63, 3.8) is 0 Å². The average molecular weight is 342 g/mol. The highest BCUT2D eigenvalue weighted by molar-refractivity contribution is 8.07. The Bertz CT molecular complexity index is 683. The van der Waals surface area contributed by atoms with Gasteiger partial charge in [-0.25, -0.2) is 0 Å². The quantitative estimate of drug-likeness (QED) is 0.312. The summed E-state index contributed by atoms with van der Waals surface area (Å²) < 4.78 is 0. The zero-order valence-corrected chi connectivity index (χ0v) is 16.0. The predicted molar refractivity (Wildman–Crippen MR) is 108 cm³/mol. The highest BCUT2D eigenvalue weighted by atomic mass is 32.2. The maximum absolute atomic E-state index is 11.4. The molecule has 24 heavy (non-hydrogen) atoms. The molecule has 0 aliphatic heterocycles. The zero-order valence-electron chi connectivity index (χ0n) is 15.2. The van der Waals surface area contributed by atoms with Gasteiger partial charge in [-0.05, 0) is 63.7 Å². The number of carbonyl (C=O) groups excluding carboxylic acids is 1. The van der Waals surface area contributed by atoms with Gasteiger partial charge >= 0.3 is 0 Å². The molecule has 3 heteroatoms. The van der Waals surface area contributed by atoms with Crippen molar-refractivity contribution < 1.29 is 4.79 Å². The van der Waals surface area contributed by atoms with E-state index in [0.717, 1.165) is 35.4 Å². The number of carbonyl (C=O) groups is 1. The van der Waals surface area contributed by atoms with Crippen molar-refractivity contribution in [2.45, 2.75) is 47.0 Å². The van der Waals surface area contributed by atoms with E-state index in [1.807, 2.05) is 20.1 Å². The van der Waals surface area contributed by atoms with E-state index in [4.69, 9.17) is 0 Å². The van der Waals surface area contributed by atoms with Crippen LogP contribution >= 0.6 is 11.8 Å². The minimum atomic E-state index is -0.0194. The maximum Gasteiger partial charge on any atom is 0.165 e. The van der Waals surface area contributed by atoms with Crippen molar-refractivity contribution in [3.8, 4) is 0 Å². The number of ketones is 1. The molecule has 0 bridgehead atoms. The molecule has 0 amide bonds. The van der Waals surface area contributed by atoms with Gasteiger partial charge in [0, 0.05) is 21.7 Å². The standard InChI is InChI=1S/C21H27NOS/c1-7-22-21(16(3)18(5)24-19(6)17(4)23)14-10-13-20-12-9-8-11-15(20)2/h7-9,11-12H,5-6,10,13-14H2,1-4H3/b21-16-,22-7-. The molecule has 0 aromatic heterocycles. The van der Waals surface area contributed by atoms with E-state index >= 15 is 0 Å². The highest BCUT2D eigenvalue weighted by Crippen LogP contribution is 2.32. The third-order valence-corrected chi connectivity index (χ3v) is 4.98. The third kappa shape index (κ3) is 6.32. The van der Waals surface area contributed by atoms with Crippen molar-refractivity contribution >= 4 is 23.8 Å². The Morgan fingerprint density at radius 1 is 1.21 bits per heavy atom. The van der Waals surface area contributed by atoms with Crippen molar-refractivity contribution in [1.29, 1.82) is 0 Å². The summed E-state index contributed by atoms with van der Waals surface area (Å²) in [6.07, 6.45) is 4.75. The summed E-state index contributed by atoms with van der Waals surface area (Å²) in [5, 5.41) is 0. The molecule has 0 radical (unpaired) electrons. The van der Waals surface area contributed by atoms with Crippen LogP contribution in [0.2, 0.25) is 0 Å². The predicted octanol–water partition coefficient (Wildman–Crippen LogP) is 6.03. The second-order valence-electron chi connectivity index (χ2n) is 5.74. The summed E-state index contributed by atoms with van der Waals surface area (Å²) in [6.45, 7) is 15.5. The van der Waals surface area contributed by atoms with Crippen LogP contribution in [-0.2, 0) is 11.2 Å². The number of hydrogen-bond acceptors (Lipinski definition) is 3. The van der Waals surface area contributed by atoms with Crippen LogP contribution < -0.4 is 0 Å². The van der Waals surface area contributed by atoms with Crippen LogP contribution in [0, 0.1) is 6.92 Å². The van der Waals surface area contributed by atoms with Gasteiger partial charge in [0.1, 0.15) is 0 Å². The molecule has 1 aromatic carbocycles. The Balaban J connectivity index is 2.77. The van der Waals surface area contributed by atoms with Gasteiger partial charge in [0.15, 0.2) is 5.78 Å². The summed E-state index contributed by atoms with van der Waals surface area (Å²) in [7, 11) is 0. The number of aryl methyl sites for hydroxylation is 2. The number of Topliss-reactive ketones (excluding diaryl/α,β-unsaturated/α-hetero) is 1. The van der Waals surface area contributed by atoms with Gasteiger partial charge in [-0.2, -0.15) is 0 Å². The number of nitrogens with zero attached hydrogens (tertiary/aromatic N) is 1. The van der Waals surface area contributed by atoms with Crippen LogP contribution in [0.4, 0.5) is 0 Å². The zero-order chi connectivity index (χ0) is 18.1. The molecular weight excluding hydrogens is 314 g/mol. The van der Waals surface area contributed by atoms with Gasteiger partial charge in [0.2, 0.25) is 0 Å². The number of rotatable bonds is 9. The van der Waals surface area contributed by atoms with E-state index in [0.29, 0.717) is 4.91 Å². The van der Waals surface area contributed by atoms with Crippen LogP contribution in [0.15, 0.2) is 63.5 Å². The Kier molecular flexibility index (Phi) is 8.48. The topological polar surface area (TPSA) is 29.4 Å². The minimum absolute atomic E-state index is 0.0194. The lowest BCUT2D eigenvalue weighted by Gasteiger charge is -2.12. The van der Waals surface area contributed by atoms with E-state index in [1.54, 1.807) is 0 Å². The number of benzene rings is 1. The van der Waals surface area contributed by atoms with Gasteiger partial charge in [0.05, 0.1) is 0 Å². The summed E-state index contributed by atoms with van der Waals surface area (Å²) in [6, 6.07) is 8.48. The number of aliphatic imine (C=N–C) groups is 1. The Hall–Kier alpha value is -1.87.